The van der Waals surface area contributed by atoms with Crippen molar-refractivity contribution < 1.29 is 9.13 Å². The second kappa shape index (κ2) is 9.76. The average Bonchev–Trinajstić information content (AvgIpc) is 3.13. The summed E-state index contributed by atoms with van der Waals surface area (Å²) >= 11 is 1.65. The number of thiazole rings is 1. The summed E-state index contributed by atoms with van der Waals surface area (Å²) in [5.41, 5.74) is 6.04. The van der Waals surface area contributed by atoms with Crippen LogP contribution in [-0.4, -0.2) is 55.2 Å². The van der Waals surface area contributed by atoms with E-state index >= 15 is 0 Å². The first-order chi connectivity index (χ1) is 11.7. The predicted octanol–water partition coefficient (Wildman–Crippen LogP) is 2.42. The molecule has 0 bridgehead atoms. The maximum absolute atomic E-state index is 13.0. The number of guanidine groups is 1. The van der Waals surface area contributed by atoms with Gasteiger partial charge in [0.05, 0.1) is 6.54 Å². The van der Waals surface area contributed by atoms with Crippen molar-refractivity contribution in [2.24, 2.45) is 10.7 Å². The Morgan fingerprint density at radius 2 is 2.12 bits per heavy atom. The number of anilines is 1. The fourth-order valence-electron chi connectivity index (χ4n) is 2.48. The van der Waals surface area contributed by atoms with Gasteiger partial charge in [0.25, 0.3) is 0 Å². The number of nitrogens with two attached hydrogens (primary N) is 1. The normalized spacial score (nSPS) is 15.0. The summed E-state index contributed by atoms with van der Waals surface area (Å²) in [7, 11) is 0. The number of piperazine rings is 1. The van der Waals surface area contributed by atoms with E-state index in [0.717, 1.165) is 31.3 Å². The summed E-state index contributed by atoms with van der Waals surface area (Å²) in [6.45, 7) is 4.20. The Labute approximate surface area is 167 Å². The number of nitrogens with zero attached hydrogens (tertiary/aromatic N) is 4. The number of benzene rings is 1. The molecule has 1 aliphatic rings. The maximum Gasteiger partial charge on any atom is 0.191 e. The summed E-state index contributed by atoms with van der Waals surface area (Å²) in [5.74, 6) is 0.714. The van der Waals surface area contributed by atoms with Gasteiger partial charge in [-0.15, -0.1) is 35.3 Å². The van der Waals surface area contributed by atoms with Crippen molar-refractivity contribution in [3.8, 4) is 5.75 Å². The standard InChI is InChI=1S/C16H20FN5OS.HI/c17-13-2-1-3-14(12-13)23-10-4-19-15(18)21-6-8-22(9-7-21)16-20-5-11-24-16;/h1-3,5,11-12H,4,6-10H2,(H2,18,19);1H. The van der Waals surface area contributed by atoms with Crippen molar-refractivity contribution in [1.82, 2.24) is 9.88 Å². The minimum atomic E-state index is -0.311. The third kappa shape index (κ3) is 5.70. The molecule has 0 spiro atoms. The molecule has 25 heavy (non-hydrogen) atoms. The van der Waals surface area contributed by atoms with Crippen molar-refractivity contribution in [2.45, 2.75) is 0 Å². The zero-order chi connectivity index (χ0) is 16.8. The van der Waals surface area contributed by atoms with Crippen molar-refractivity contribution in [3.05, 3.63) is 41.7 Å². The van der Waals surface area contributed by atoms with Crippen LogP contribution < -0.4 is 15.4 Å². The van der Waals surface area contributed by atoms with E-state index in [9.17, 15) is 4.39 Å². The molecular formula is C16H21FIN5OS. The Kier molecular flexibility index (Phi) is 7.69. The van der Waals surface area contributed by atoms with Gasteiger partial charge in [0.2, 0.25) is 0 Å². The van der Waals surface area contributed by atoms with Crippen LogP contribution in [0.5, 0.6) is 5.75 Å². The fraction of sp³-hybridized carbons (Fsp3) is 0.375. The van der Waals surface area contributed by atoms with Crippen LogP contribution in [0.1, 0.15) is 0 Å². The van der Waals surface area contributed by atoms with Crippen molar-refractivity contribution >= 4 is 46.4 Å². The van der Waals surface area contributed by atoms with E-state index < -0.39 is 0 Å². The molecular weight excluding hydrogens is 456 g/mol. The van der Waals surface area contributed by atoms with Gasteiger partial charge in [0, 0.05) is 43.8 Å². The van der Waals surface area contributed by atoms with E-state index in [0.29, 0.717) is 24.9 Å². The van der Waals surface area contributed by atoms with Gasteiger partial charge < -0.3 is 20.3 Å². The molecule has 6 nitrogen and oxygen atoms in total. The smallest absolute Gasteiger partial charge is 0.191 e. The number of halogens is 2. The minimum Gasteiger partial charge on any atom is -0.492 e. The Hall–Kier alpha value is -1.62. The van der Waals surface area contributed by atoms with Gasteiger partial charge in [-0.25, -0.2) is 14.4 Å². The number of ether oxygens (including phenoxy) is 1. The molecule has 0 unspecified atom stereocenters. The van der Waals surface area contributed by atoms with Gasteiger partial charge in [-0.1, -0.05) is 6.07 Å². The number of hydrogen-bond donors (Lipinski definition) is 1. The SMILES string of the molecule is I.NC(=NCCOc1cccc(F)c1)N1CCN(c2nccs2)CC1. The molecule has 0 aliphatic carbocycles. The summed E-state index contributed by atoms with van der Waals surface area (Å²) < 4.78 is 18.5. The zero-order valence-electron chi connectivity index (χ0n) is 13.7. The molecule has 1 aromatic carbocycles. The average molecular weight is 477 g/mol. The molecule has 1 aromatic heterocycles. The highest BCUT2D eigenvalue weighted by atomic mass is 127. The highest BCUT2D eigenvalue weighted by molar-refractivity contribution is 14.0. The van der Waals surface area contributed by atoms with Gasteiger partial charge >= 0.3 is 0 Å². The first-order valence-corrected chi connectivity index (χ1v) is 8.68. The third-order valence-electron chi connectivity index (χ3n) is 3.72. The van der Waals surface area contributed by atoms with E-state index in [1.54, 1.807) is 23.5 Å². The Balaban J connectivity index is 0.00000225. The van der Waals surface area contributed by atoms with Gasteiger partial charge in [-0.3, -0.25) is 0 Å². The molecule has 3 rings (SSSR count). The minimum absolute atomic E-state index is 0. The number of hydrogen-bond acceptors (Lipinski definition) is 5. The summed E-state index contributed by atoms with van der Waals surface area (Å²) in [5, 5.41) is 3.03. The molecule has 2 aromatic rings. The lowest BCUT2D eigenvalue weighted by molar-refractivity contribution is 0.324. The zero-order valence-corrected chi connectivity index (χ0v) is 16.8. The van der Waals surface area contributed by atoms with Gasteiger partial charge in [-0.05, 0) is 12.1 Å². The second-order valence-corrected chi connectivity index (χ2v) is 6.21. The molecule has 2 heterocycles. The predicted molar refractivity (Wildman–Crippen MR) is 110 cm³/mol. The number of aromatic nitrogens is 1. The van der Waals surface area contributed by atoms with Crippen LogP contribution in [-0.2, 0) is 0 Å². The molecule has 2 N–H and O–H groups in total. The van der Waals surface area contributed by atoms with Gasteiger partial charge in [0.1, 0.15) is 18.2 Å². The molecule has 136 valence electrons. The van der Waals surface area contributed by atoms with Crippen molar-refractivity contribution in [2.75, 3.05) is 44.2 Å². The molecule has 9 heteroatoms. The molecule has 1 aliphatic heterocycles. The Morgan fingerprint density at radius 1 is 1.32 bits per heavy atom. The molecule has 0 amide bonds. The van der Waals surface area contributed by atoms with Crippen LogP contribution in [0, 0.1) is 5.82 Å². The van der Waals surface area contributed by atoms with Crippen LogP contribution in [0.4, 0.5) is 9.52 Å². The van der Waals surface area contributed by atoms with Crippen LogP contribution in [0.15, 0.2) is 40.8 Å². The lowest BCUT2D eigenvalue weighted by Crippen LogP contribution is -2.51. The largest absolute Gasteiger partial charge is 0.492 e. The summed E-state index contributed by atoms with van der Waals surface area (Å²) in [6, 6.07) is 6.07. The number of rotatable bonds is 5. The topological polar surface area (TPSA) is 67.0 Å². The molecule has 0 radical (unpaired) electrons. The fourth-order valence-corrected chi connectivity index (χ4v) is 3.18. The highest BCUT2D eigenvalue weighted by Gasteiger charge is 2.19. The van der Waals surface area contributed by atoms with E-state index in [4.69, 9.17) is 10.5 Å². The van der Waals surface area contributed by atoms with Gasteiger partial charge in [0.15, 0.2) is 11.1 Å². The second-order valence-electron chi connectivity index (χ2n) is 5.33. The van der Waals surface area contributed by atoms with Crippen LogP contribution >= 0.6 is 35.3 Å². The van der Waals surface area contributed by atoms with Crippen molar-refractivity contribution in [1.29, 1.82) is 0 Å². The van der Waals surface area contributed by atoms with E-state index in [2.05, 4.69) is 19.8 Å². The van der Waals surface area contributed by atoms with Crippen molar-refractivity contribution in [3.63, 3.8) is 0 Å². The molecule has 0 atom stereocenters. The first kappa shape index (κ1) is 19.7. The Morgan fingerprint density at radius 3 is 2.80 bits per heavy atom. The first-order valence-electron chi connectivity index (χ1n) is 7.80. The lowest BCUT2D eigenvalue weighted by Gasteiger charge is -2.35. The van der Waals surface area contributed by atoms with E-state index in [1.165, 1.54) is 12.1 Å². The van der Waals surface area contributed by atoms with Gasteiger partial charge in [-0.2, -0.15) is 0 Å². The van der Waals surface area contributed by atoms with E-state index in [-0.39, 0.29) is 29.8 Å². The third-order valence-corrected chi connectivity index (χ3v) is 4.56. The highest BCUT2D eigenvalue weighted by Crippen LogP contribution is 2.18. The van der Waals surface area contributed by atoms with E-state index in [1.807, 2.05) is 11.6 Å². The molecule has 0 saturated carbocycles. The lowest BCUT2D eigenvalue weighted by atomic mass is 10.3. The molecule has 1 saturated heterocycles. The quantitative estimate of drug-likeness (QED) is 0.310. The maximum atomic E-state index is 13.0. The molecule has 1 fully saturated rings. The number of aliphatic imine (C=N–C) groups is 1. The van der Waals surface area contributed by atoms with Crippen LogP contribution in [0.25, 0.3) is 0 Å². The Bertz CT molecular complexity index is 677. The summed E-state index contributed by atoms with van der Waals surface area (Å²) in [4.78, 5) is 13.0. The van der Waals surface area contributed by atoms with Crippen LogP contribution in [0.3, 0.4) is 0 Å². The monoisotopic (exact) mass is 477 g/mol. The summed E-state index contributed by atoms with van der Waals surface area (Å²) in [6.07, 6.45) is 1.82. The van der Waals surface area contributed by atoms with Crippen LogP contribution in [0.2, 0.25) is 0 Å².